The fraction of sp³-hybridized carbons (Fsp3) is 0. The second kappa shape index (κ2) is 11.9. The van der Waals surface area contributed by atoms with Gasteiger partial charge in [0.1, 0.15) is 11.1 Å². The lowest BCUT2D eigenvalue weighted by Crippen LogP contribution is -2.11. The molecule has 10 rings (SSSR count). The van der Waals surface area contributed by atoms with Gasteiger partial charge in [0.15, 0.2) is 5.58 Å². The monoisotopic (exact) mass is 652 g/mol. The number of furan rings is 1. The van der Waals surface area contributed by atoms with Crippen LogP contribution in [0, 0.1) is 0 Å². The Bertz CT molecular complexity index is 2840. The van der Waals surface area contributed by atoms with Gasteiger partial charge in [0, 0.05) is 39.0 Å². The van der Waals surface area contributed by atoms with Gasteiger partial charge in [-0.1, -0.05) is 133 Å². The number of nitrogens with zero attached hydrogens (tertiary/aromatic N) is 2. The van der Waals surface area contributed by atoms with Crippen LogP contribution in [0.1, 0.15) is 0 Å². The Labute approximate surface area is 295 Å². The summed E-state index contributed by atoms with van der Waals surface area (Å²) in [7, 11) is 0. The van der Waals surface area contributed by atoms with Crippen molar-refractivity contribution in [2.45, 2.75) is 0 Å². The second-order valence-electron chi connectivity index (χ2n) is 12.9. The zero-order chi connectivity index (χ0) is 33.7. The Morgan fingerprint density at radius 2 is 0.980 bits per heavy atom. The standard InChI is InChI=1S/C48H32N2O/c1-3-17-35(18-4-1)49(37-31-29-34(30-32-37)39-24-13-16-33-15-7-8-21-38(33)39)44-27-11-9-22-40(44)41-25-14-26-43-46-48(51-47(41)43)42-23-10-12-28-45(42)50(46)36-19-5-2-6-20-36/h1-32H. The van der Waals surface area contributed by atoms with Gasteiger partial charge in [0.25, 0.3) is 0 Å². The molecule has 3 heteroatoms. The first kappa shape index (κ1) is 29.1. The second-order valence-corrected chi connectivity index (χ2v) is 12.9. The van der Waals surface area contributed by atoms with E-state index in [0.29, 0.717) is 0 Å². The lowest BCUT2D eigenvalue weighted by atomic mass is 9.97. The maximum absolute atomic E-state index is 6.96. The van der Waals surface area contributed by atoms with Crippen LogP contribution in [0.25, 0.3) is 71.7 Å². The third-order valence-corrected chi connectivity index (χ3v) is 9.99. The van der Waals surface area contributed by atoms with Gasteiger partial charge in [0.05, 0.1) is 11.2 Å². The van der Waals surface area contributed by atoms with E-state index in [1.807, 2.05) is 0 Å². The number of anilines is 3. The summed E-state index contributed by atoms with van der Waals surface area (Å²) in [5.41, 5.74) is 12.9. The van der Waals surface area contributed by atoms with Crippen molar-refractivity contribution in [1.29, 1.82) is 0 Å². The minimum atomic E-state index is 0.879. The molecular weight excluding hydrogens is 621 g/mol. The Morgan fingerprint density at radius 3 is 1.82 bits per heavy atom. The number of aromatic nitrogens is 1. The van der Waals surface area contributed by atoms with Gasteiger partial charge >= 0.3 is 0 Å². The molecule has 0 N–H and O–H groups in total. The molecule has 0 aliphatic heterocycles. The number of hydrogen-bond donors (Lipinski definition) is 0. The molecule has 2 aromatic heterocycles. The predicted octanol–water partition coefficient (Wildman–Crippen LogP) is 13.5. The molecule has 240 valence electrons. The maximum Gasteiger partial charge on any atom is 0.161 e. The van der Waals surface area contributed by atoms with Crippen molar-refractivity contribution in [1.82, 2.24) is 4.57 Å². The third kappa shape index (κ3) is 4.74. The first-order valence-corrected chi connectivity index (χ1v) is 17.4. The first-order valence-electron chi connectivity index (χ1n) is 17.4. The molecule has 51 heavy (non-hydrogen) atoms. The van der Waals surface area contributed by atoms with E-state index in [1.54, 1.807) is 0 Å². The van der Waals surface area contributed by atoms with Crippen LogP contribution in [0.4, 0.5) is 17.1 Å². The molecule has 8 aromatic carbocycles. The summed E-state index contributed by atoms with van der Waals surface area (Å²) in [4.78, 5) is 2.35. The quantitative estimate of drug-likeness (QED) is 0.178. The molecule has 0 radical (unpaired) electrons. The predicted molar refractivity (Wildman–Crippen MR) is 214 cm³/mol. The molecule has 0 spiro atoms. The van der Waals surface area contributed by atoms with Gasteiger partial charge in [-0.2, -0.15) is 0 Å². The van der Waals surface area contributed by atoms with Gasteiger partial charge in [-0.25, -0.2) is 0 Å². The number of para-hydroxylation sites is 5. The molecule has 2 heterocycles. The van der Waals surface area contributed by atoms with Crippen LogP contribution in [0.2, 0.25) is 0 Å². The largest absolute Gasteiger partial charge is 0.453 e. The summed E-state index contributed by atoms with van der Waals surface area (Å²) in [6, 6.07) is 68.9. The number of fused-ring (bicyclic) bond motifs is 6. The minimum absolute atomic E-state index is 0.879. The highest BCUT2D eigenvalue weighted by atomic mass is 16.3. The summed E-state index contributed by atoms with van der Waals surface area (Å²) in [6.45, 7) is 0. The molecular formula is C48H32N2O. The van der Waals surface area contributed by atoms with Crippen LogP contribution < -0.4 is 4.90 Å². The molecule has 0 saturated heterocycles. The van der Waals surface area contributed by atoms with Crippen molar-refractivity contribution in [3.63, 3.8) is 0 Å². The Balaban J connectivity index is 1.16. The van der Waals surface area contributed by atoms with Crippen LogP contribution in [-0.2, 0) is 0 Å². The number of hydrogen-bond acceptors (Lipinski definition) is 2. The lowest BCUT2D eigenvalue weighted by Gasteiger charge is -2.28. The summed E-state index contributed by atoms with van der Waals surface area (Å²) in [5, 5.41) is 4.68. The fourth-order valence-electron chi connectivity index (χ4n) is 7.72. The van der Waals surface area contributed by atoms with Crippen LogP contribution in [0.3, 0.4) is 0 Å². The van der Waals surface area contributed by atoms with Crippen LogP contribution in [0.5, 0.6) is 0 Å². The Kier molecular flexibility index (Phi) is 6.81. The molecule has 0 bridgehead atoms. The normalized spacial score (nSPS) is 11.5. The Hall–Kier alpha value is -6.84. The molecule has 0 unspecified atom stereocenters. The van der Waals surface area contributed by atoms with E-state index >= 15 is 0 Å². The van der Waals surface area contributed by atoms with E-state index in [0.717, 1.165) is 66.8 Å². The van der Waals surface area contributed by atoms with Crippen LogP contribution in [-0.4, -0.2) is 4.57 Å². The van der Waals surface area contributed by atoms with Gasteiger partial charge in [-0.15, -0.1) is 0 Å². The fourth-order valence-corrected chi connectivity index (χ4v) is 7.72. The van der Waals surface area contributed by atoms with Crippen molar-refractivity contribution < 1.29 is 4.42 Å². The summed E-state index contributed by atoms with van der Waals surface area (Å²) in [5.74, 6) is 0. The van der Waals surface area contributed by atoms with Crippen molar-refractivity contribution >= 4 is 60.8 Å². The molecule has 0 fully saturated rings. The van der Waals surface area contributed by atoms with E-state index in [9.17, 15) is 0 Å². The Morgan fingerprint density at radius 1 is 0.392 bits per heavy atom. The highest BCUT2D eigenvalue weighted by molar-refractivity contribution is 6.19. The molecule has 0 amide bonds. The van der Waals surface area contributed by atoms with Gasteiger partial charge in [-0.05, 0) is 82.6 Å². The van der Waals surface area contributed by atoms with E-state index in [4.69, 9.17) is 4.42 Å². The topological polar surface area (TPSA) is 21.3 Å². The molecule has 10 aromatic rings. The van der Waals surface area contributed by atoms with E-state index in [-0.39, 0.29) is 0 Å². The number of rotatable bonds is 6. The summed E-state index contributed by atoms with van der Waals surface area (Å²) in [6.07, 6.45) is 0. The van der Waals surface area contributed by atoms with E-state index < -0.39 is 0 Å². The SMILES string of the molecule is c1ccc(N(c2ccc(-c3cccc4ccccc34)cc2)c2ccccc2-c2cccc3c2oc2c4ccccc4n(-c4ccccc4)c32)cc1. The molecule has 0 aliphatic rings. The van der Waals surface area contributed by atoms with Crippen molar-refractivity contribution in [2.24, 2.45) is 0 Å². The zero-order valence-corrected chi connectivity index (χ0v) is 27.8. The molecule has 0 atom stereocenters. The average molecular weight is 653 g/mol. The van der Waals surface area contributed by atoms with Crippen molar-refractivity contribution in [2.75, 3.05) is 4.90 Å². The first-order chi connectivity index (χ1) is 25.3. The van der Waals surface area contributed by atoms with Gasteiger partial charge in [-0.3, -0.25) is 0 Å². The smallest absolute Gasteiger partial charge is 0.161 e. The highest BCUT2D eigenvalue weighted by Crippen LogP contribution is 2.46. The molecule has 0 saturated carbocycles. The van der Waals surface area contributed by atoms with Crippen LogP contribution >= 0.6 is 0 Å². The molecule has 3 nitrogen and oxygen atoms in total. The summed E-state index contributed by atoms with van der Waals surface area (Å²) < 4.78 is 9.29. The number of benzene rings is 8. The third-order valence-electron chi connectivity index (χ3n) is 9.99. The maximum atomic E-state index is 6.96. The average Bonchev–Trinajstić information content (AvgIpc) is 3.74. The van der Waals surface area contributed by atoms with Gasteiger partial charge < -0.3 is 13.9 Å². The molecule has 0 aliphatic carbocycles. The highest BCUT2D eigenvalue weighted by Gasteiger charge is 2.23. The van der Waals surface area contributed by atoms with Gasteiger partial charge in [0.2, 0.25) is 0 Å². The van der Waals surface area contributed by atoms with Crippen molar-refractivity contribution in [3.05, 3.63) is 194 Å². The van der Waals surface area contributed by atoms with Crippen LogP contribution in [0.15, 0.2) is 199 Å². The lowest BCUT2D eigenvalue weighted by molar-refractivity contribution is 0.674. The van der Waals surface area contributed by atoms with E-state index in [2.05, 4.69) is 204 Å². The summed E-state index contributed by atoms with van der Waals surface area (Å²) >= 11 is 0. The minimum Gasteiger partial charge on any atom is -0.453 e. The van der Waals surface area contributed by atoms with Crippen molar-refractivity contribution in [3.8, 4) is 27.9 Å². The van der Waals surface area contributed by atoms with E-state index in [1.165, 1.54) is 21.9 Å². The zero-order valence-electron chi connectivity index (χ0n) is 27.8.